The molecule has 5 nitrogen and oxygen atoms in total. The first kappa shape index (κ1) is 19.7. The van der Waals surface area contributed by atoms with Crippen molar-refractivity contribution in [1.82, 2.24) is 5.32 Å². The summed E-state index contributed by atoms with van der Waals surface area (Å²) in [5.74, 6) is 0.236. The lowest BCUT2D eigenvalue weighted by molar-refractivity contribution is -0.121. The molecule has 0 fully saturated rings. The average molecular weight is 488 g/mol. The molecule has 3 N–H and O–H groups in total. The SMILES string of the molecule is Cc1ccc(O)c(NC(=S)NC(=O)COc2c(C)cc(Br)cc2Br)c1. The highest BCUT2D eigenvalue weighted by Gasteiger charge is 2.11. The van der Waals surface area contributed by atoms with Crippen molar-refractivity contribution in [1.29, 1.82) is 0 Å². The first-order valence-corrected chi connectivity index (χ1v) is 9.24. The molecular weight excluding hydrogens is 472 g/mol. The fourth-order valence-electron chi connectivity index (χ4n) is 2.08. The topological polar surface area (TPSA) is 70.6 Å². The minimum absolute atomic E-state index is 0.0490. The summed E-state index contributed by atoms with van der Waals surface area (Å²) in [6.07, 6.45) is 0. The number of hydrogen-bond donors (Lipinski definition) is 3. The van der Waals surface area contributed by atoms with Crippen LogP contribution in [-0.4, -0.2) is 22.7 Å². The van der Waals surface area contributed by atoms with Gasteiger partial charge in [-0.1, -0.05) is 22.0 Å². The van der Waals surface area contributed by atoms with E-state index < -0.39 is 5.91 Å². The number of carbonyl (C=O) groups is 1. The second kappa shape index (κ2) is 8.64. The highest BCUT2D eigenvalue weighted by atomic mass is 79.9. The Bertz CT molecular complexity index is 805. The molecule has 8 heteroatoms. The van der Waals surface area contributed by atoms with Gasteiger partial charge in [-0.3, -0.25) is 10.1 Å². The number of phenols is 1. The van der Waals surface area contributed by atoms with E-state index in [1.165, 1.54) is 0 Å². The number of nitrogens with one attached hydrogen (secondary N) is 2. The van der Waals surface area contributed by atoms with E-state index in [0.29, 0.717) is 11.4 Å². The van der Waals surface area contributed by atoms with Gasteiger partial charge < -0.3 is 15.2 Å². The first-order valence-electron chi connectivity index (χ1n) is 7.25. The van der Waals surface area contributed by atoms with Gasteiger partial charge in [-0.2, -0.15) is 0 Å². The van der Waals surface area contributed by atoms with Crippen molar-refractivity contribution >= 4 is 60.8 Å². The van der Waals surface area contributed by atoms with Gasteiger partial charge in [0.15, 0.2) is 11.7 Å². The smallest absolute Gasteiger partial charge is 0.264 e. The largest absolute Gasteiger partial charge is 0.506 e. The lowest BCUT2D eigenvalue weighted by Crippen LogP contribution is -2.37. The van der Waals surface area contributed by atoms with Crippen molar-refractivity contribution < 1.29 is 14.6 Å². The van der Waals surface area contributed by atoms with E-state index in [9.17, 15) is 9.90 Å². The number of aryl methyl sites for hydroxylation is 2. The van der Waals surface area contributed by atoms with E-state index in [2.05, 4.69) is 42.5 Å². The predicted octanol–water partition coefficient (Wildman–Crippen LogP) is 4.43. The second-order valence-electron chi connectivity index (χ2n) is 5.35. The third kappa shape index (κ3) is 5.69. The number of ether oxygens (including phenoxy) is 1. The lowest BCUT2D eigenvalue weighted by atomic mass is 10.2. The van der Waals surface area contributed by atoms with Gasteiger partial charge in [-0.25, -0.2) is 0 Å². The molecule has 0 atom stereocenters. The fraction of sp³-hybridized carbons (Fsp3) is 0.176. The van der Waals surface area contributed by atoms with Crippen molar-refractivity contribution in [3.05, 3.63) is 50.4 Å². The molecule has 0 spiro atoms. The van der Waals surface area contributed by atoms with Crippen LogP contribution in [0.2, 0.25) is 0 Å². The summed E-state index contributed by atoms with van der Waals surface area (Å²) in [5.41, 5.74) is 2.27. The van der Waals surface area contributed by atoms with Gasteiger partial charge >= 0.3 is 0 Å². The van der Waals surface area contributed by atoms with E-state index in [4.69, 9.17) is 17.0 Å². The Morgan fingerprint density at radius 2 is 1.96 bits per heavy atom. The number of carbonyl (C=O) groups excluding carboxylic acids is 1. The van der Waals surface area contributed by atoms with Crippen molar-refractivity contribution in [3.8, 4) is 11.5 Å². The molecule has 0 heterocycles. The number of aromatic hydroxyl groups is 1. The maximum absolute atomic E-state index is 12.0. The zero-order valence-electron chi connectivity index (χ0n) is 13.5. The van der Waals surface area contributed by atoms with Crippen molar-refractivity contribution in [2.45, 2.75) is 13.8 Å². The van der Waals surface area contributed by atoms with Crippen LogP contribution < -0.4 is 15.4 Å². The normalized spacial score (nSPS) is 10.2. The molecule has 25 heavy (non-hydrogen) atoms. The molecule has 2 aromatic rings. The standard InChI is InChI=1S/C17H16Br2N2O3S/c1-9-3-4-14(22)13(5-9)20-17(25)21-15(23)8-24-16-10(2)6-11(18)7-12(16)19/h3-7,22H,8H2,1-2H3,(H2,20,21,23,25). The Hall–Kier alpha value is -1.64. The summed E-state index contributed by atoms with van der Waals surface area (Å²) < 4.78 is 7.22. The molecule has 2 aromatic carbocycles. The van der Waals surface area contributed by atoms with Crippen LogP contribution in [-0.2, 0) is 4.79 Å². The van der Waals surface area contributed by atoms with Crippen LogP contribution in [0.4, 0.5) is 5.69 Å². The molecule has 0 aliphatic carbocycles. The second-order valence-corrected chi connectivity index (χ2v) is 7.52. The van der Waals surface area contributed by atoms with Gasteiger partial charge in [0, 0.05) is 4.47 Å². The molecule has 0 saturated carbocycles. The Morgan fingerprint density at radius 3 is 2.64 bits per heavy atom. The monoisotopic (exact) mass is 486 g/mol. The minimum atomic E-state index is -0.404. The van der Waals surface area contributed by atoms with E-state index in [0.717, 1.165) is 20.1 Å². The summed E-state index contributed by atoms with van der Waals surface area (Å²) in [5, 5.41) is 15.2. The fourth-order valence-corrected chi connectivity index (χ4v) is 3.85. The van der Waals surface area contributed by atoms with Crippen LogP contribution in [0.3, 0.4) is 0 Å². The number of hydrogen-bond acceptors (Lipinski definition) is 4. The van der Waals surface area contributed by atoms with Gasteiger partial charge in [0.25, 0.3) is 5.91 Å². The maximum Gasteiger partial charge on any atom is 0.264 e. The Labute approximate surface area is 168 Å². The molecule has 0 aliphatic heterocycles. The number of amides is 1. The van der Waals surface area contributed by atoms with Crippen LogP contribution in [0.1, 0.15) is 11.1 Å². The number of rotatable bonds is 4. The average Bonchev–Trinajstić information content (AvgIpc) is 2.49. The molecule has 0 unspecified atom stereocenters. The van der Waals surface area contributed by atoms with E-state index >= 15 is 0 Å². The molecule has 0 radical (unpaired) electrons. The van der Waals surface area contributed by atoms with E-state index in [-0.39, 0.29) is 17.5 Å². The summed E-state index contributed by atoms with van der Waals surface area (Å²) in [7, 11) is 0. The van der Waals surface area contributed by atoms with Crippen molar-refractivity contribution in [3.63, 3.8) is 0 Å². The molecule has 1 amide bonds. The van der Waals surface area contributed by atoms with Gasteiger partial charge in [0.1, 0.15) is 11.5 Å². The number of phenolic OH excluding ortho intramolecular Hbond substituents is 1. The number of halogens is 2. The number of benzene rings is 2. The van der Waals surface area contributed by atoms with Crippen molar-refractivity contribution in [2.24, 2.45) is 0 Å². The molecule has 132 valence electrons. The van der Waals surface area contributed by atoms with Crippen molar-refractivity contribution in [2.75, 3.05) is 11.9 Å². The van der Waals surface area contributed by atoms with Gasteiger partial charge in [0.05, 0.1) is 10.2 Å². The summed E-state index contributed by atoms with van der Waals surface area (Å²) in [6, 6.07) is 8.79. The van der Waals surface area contributed by atoms with Crippen LogP contribution in [0.5, 0.6) is 11.5 Å². The third-order valence-electron chi connectivity index (χ3n) is 3.19. The highest BCUT2D eigenvalue weighted by molar-refractivity contribution is 9.11. The number of anilines is 1. The summed E-state index contributed by atoms with van der Waals surface area (Å²) >= 11 is 11.9. The molecule has 0 aliphatic rings. The minimum Gasteiger partial charge on any atom is -0.506 e. The zero-order chi connectivity index (χ0) is 18.6. The van der Waals surface area contributed by atoms with Crippen LogP contribution in [0, 0.1) is 13.8 Å². The van der Waals surface area contributed by atoms with Gasteiger partial charge in [-0.05, 0) is 77.4 Å². The predicted molar refractivity (Wildman–Crippen MR) is 109 cm³/mol. The van der Waals surface area contributed by atoms with Crippen LogP contribution in [0.15, 0.2) is 39.3 Å². The van der Waals surface area contributed by atoms with Gasteiger partial charge in [0.2, 0.25) is 0 Å². The summed E-state index contributed by atoms with van der Waals surface area (Å²) in [6.45, 7) is 3.58. The number of thiocarbonyl (C=S) groups is 1. The molecule has 0 saturated heterocycles. The Balaban J connectivity index is 1.92. The Kier molecular flexibility index (Phi) is 6.80. The summed E-state index contributed by atoms with van der Waals surface area (Å²) in [4.78, 5) is 12.0. The van der Waals surface area contributed by atoms with E-state index in [1.54, 1.807) is 18.2 Å². The van der Waals surface area contributed by atoms with Gasteiger partial charge in [-0.15, -0.1) is 0 Å². The van der Waals surface area contributed by atoms with E-state index in [1.807, 2.05) is 26.0 Å². The van der Waals surface area contributed by atoms with Crippen LogP contribution >= 0.6 is 44.1 Å². The quantitative estimate of drug-likeness (QED) is 0.439. The third-order valence-corrected chi connectivity index (χ3v) is 4.45. The lowest BCUT2D eigenvalue weighted by Gasteiger charge is -2.13. The first-order chi connectivity index (χ1) is 11.8. The molecule has 2 rings (SSSR count). The molecule has 0 aromatic heterocycles. The highest BCUT2D eigenvalue weighted by Crippen LogP contribution is 2.32. The van der Waals surface area contributed by atoms with Crippen LogP contribution in [0.25, 0.3) is 0 Å². The molecular formula is C17H16Br2N2O3S. The Morgan fingerprint density at radius 1 is 1.24 bits per heavy atom. The molecule has 0 bridgehead atoms. The maximum atomic E-state index is 12.0. The zero-order valence-corrected chi connectivity index (χ0v) is 17.5.